The number of para-hydroxylation sites is 1. The summed E-state index contributed by atoms with van der Waals surface area (Å²) in [5.41, 5.74) is 6.14. The van der Waals surface area contributed by atoms with E-state index in [0.717, 1.165) is 76.0 Å². The molecule has 6 heteroatoms. The summed E-state index contributed by atoms with van der Waals surface area (Å²) in [4.78, 5) is 15.4. The molecule has 4 aromatic heterocycles. The van der Waals surface area contributed by atoms with Crippen molar-refractivity contribution in [3.63, 3.8) is 0 Å². The summed E-state index contributed by atoms with van der Waals surface area (Å²) >= 11 is 1.74. The highest BCUT2D eigenvalue weighted by atomic mass is 32.1. The maximum Gasteiger partial charge on any atom is 0.165 e. The third-order valence-electron chi connectivity index (χ3n) is 9.52. The number of rotatable bonds is 3. The Morgan fingerprint density at radius 3 is 2.06 bits per heavy atom. The van der Waals surface area contributed by atoms with Crippen LogP contribution in [0.5, 0.6) is 0 Å². The van der Waals surface area contributed by atoms with E-state index in [1.807, 2.05) is 42.5 Å². The molecule has 0 N–H and O–H groups in total. The number of fused-ring (bicyclic) bond motifs is 12. The molecule has 0 unspecified atom stereocenters. The molecule has 228 valence electrons. The highest BCUT2D eigenvalue weighted by Crippen LogP contribution is 2.46. The van der Waals surface area contributed by atoms with Crippen LogP contribution in [-0.4, -0.2) is 15.0 Å². The van der Waals surface area contributed by atoms with Crippen molar-refractivity contribution in [3.8, 4) is 34.2 Å². The fourth-order valence-corrected chi connectivity index (χ4v) is 8.47. The molecule has 11 aromatic rings. The van der Waals surface area contributed by atoms with E-state index in [-0.39, 0.29) is 0 Å². The minimum absolute atomic E-state index is 0.586. The van der Waals surface area contributed by atoms with Gasteiger partial charge in [0.05, 0.1) is 4.70 Å². The first-order valence-corrected chi connectivity index (χ1v) is 17.0. The van der Waals surface area contributed by atoms with Gasteiger partial charge in [0.2, 0.25) is 0 Å². The van der Waals surface area contributed by atoms with Crippen LogP contribution in [0.4, 0.5) is 0 Å². The topological polar surface area (TPSA) is 65.0 Å². The van der Waals surface area contributed by atoms with Crippen molar-refractivity contribution in [2.24, 2.45) is 0 Å². The highest BCUT2D eigenvalue weighted by molar-refractivity contribution is 7.26. The molecule has 4 heterocycles. The van der Waals surface area contributed by atoms with Crippen LogP contribution in [0.25, 0.3) is 109 Å². The third kappa shape index (κ3) is 3.95. The van der Waals surface area contributed by atoms with Crippen molar-refractivity contribution in [1.82, 2.24) is 15.0 Å². The van der Waals surface area contributed by atoms with Crippen LogP contribution < -0.4 is 0 Å². The zero-order valence-corrected chi connectivity index (χ0v) is 26.7. The Balaban J connectivity index is 1.20. The fraction of sp³-hybridized carbons (Fsp3) is 0. The SMILES string of the molecule is c1ccc(-c2nc(-c3ccc4c(c3)oc3ccc5ccccc5c34)nc(-c3cc4c5ccccc5oc4c4c3sc3ccccc34)n2)cc1. The normalized spacial score (nSPS) is 12.1. The van der Waals surface area contributed by atoms with Crippen LogP contribution in [0.3, 0.4) is 0 Å². The Bertz CT molecular complexity index is 3120. The van der Waals surface area contributed by atoms with E-state index in [1.165, 1.54) is 15.5 Å². The molecular weight excluding hydrogens is 623 g/mol. The average Bonchev–Trinajstić information content (AvgIpc) is 3.85. The molecule has 0 bridgehead atoms. The molecule has 0 radical (unpaired) electrons. The van der Waals surface area contributed by atoms with Crippen LogP contribution in [0.15, 0.2) is 148 Å². The van der Waals surface area contributed by atoms with Gasteiger partial charge in [0.1, 0.15) is 22.3 Å². The van der Waals surface area contributed by atoms with Gasteiger partial charge in [-0.05, 0) is 47.2 Å². The molecule has 7 aromatic carbocycles. The summed E-state index contributed by atoms with van der Waals surface area (Å²) in [5.74, 6) is 1.81. The van der Waals surface area contributed by atoms with Gasteiger partial charge >= 0.3 is 0 Å². The number of benzene rings is 7. The van der Waals surface area contributed by atoms with Crippen LogP contribution in [0, 0.1) is 0 Å². The molecule has 0 fully saturated rings. The second-order valence-electron chi connectivity index (χ2n) is 12.3. The standard InChI is InChI=1S/C43H23N3O2S/c1-2-11-25(12-3-1)41-44-42(26-18-20-29-35(22-26)47-34-21-19-24-10-4-5-13-27(24)37(29)34)46-43(45-41)32-23-31-28-14-6-8-16-33(28)48-39(31)38-30-15-7-9-17-36(30)49-40(32)38/h1-23H. The van der Waals surface area contributed by atoms with E-state index >= 15 is 0 Å². The number of thiophene rings is 1. The van der Waals surface area contributed by atoms with E-state index in [0.29, 0.717) is 17.5 Å². The van der Waals surface area contributed by atoms with Crippen molar-refractivity contribution in [3.05, 3.63) is 140 Å². The summed E-state index contributed by atoms with van der Waals surface area (Å²) in [5, 5.41) is 8.90. The minimum atomic E-state index is 0.586. The van der Waals surface area contributed by atoms with Gasteiger partial charge < -0.3 is 8.83 Å². The first-order chi connectivity index (χ1) is 24.3. The monoisotopic (exact) mass is 645 g/mol. The van der Waals surface area contributed by atoms with E-state index in [9.17, 15) is 0 Å². The van der Waals surface area contributed by atoms with E-state index in [1.54, 1.807) is 11.3 Å². The van der Waals surface area contributed by atoms with Gasteiger partial charge in [-0.1, -0.05) is 103 Å². The van der Waals surface area contributed by atoms with Gasteiger partial charge in [-0.3, -0.25) is 0 Å². The van der Waals surface area contributed by atoms with Crippen molar-refractivity contribution in [2.75, 3.05) is 0 Å². The fourth-order valence-electron chi connectivity index (χ4n) is 7.26. The zero-order chi connectivity index (χ0) is 32.1. The molecule has 0 amide bonds. The molecule has 0 spiro atoms. The lowest BCUT2D eigenvalue weighted by Gasteiger charge is -2.10. The van der Waals surface area contributed by atoms with Gasteiger partial charge in [-0.15, -0.1) is 11.3 Å². The first kappa shape index (κ1) is 26.7. The number of nitrogens with zero attached hydrogens (tertiary/aromatic N) is 3. The molecule has 5 nitrogen and oxygen atoms in total. The zero-order valence-electron chi connectivity index (χ0n) is 25.8. The molecule has 0 saturated heterocycles. The quantitative estimate of drug-likeness (QED) is 0.191. The number of furan rings is 2. The van der Waals surface area contributed by atoms with E-state index in [2.05, 4.69) is 97.1 Å². The summed E-state index contributed by atoms with van der Waals surface area (Å²) < 4.78 is 15.3. The maximum atomic E-state index is 6.54. The number of hydrogen-bond acceptors (Lipinski definition) is 6. The Labute approximate surface area is 282 Å². The van der Waals surface area contributed by atoms with Crippen LogP contribution in [-0.2, 0) is 0 Å². The predicted octanol–water partition coefficient (Wildman–Crippen LogP) is 12.2. The lowest BCUT2D eigenvalue weighted by molar-refractivity contribution is 0.669. The second-order valence-corrected chi connectivity index (χ2v) is 13.4. The smallest absolute Gasteiger partial charge is 0.165 e. The molecule has 0 saturated carbocycles. The summed E-state index contributed by atoms with van der Waals surface area (Å²) in [6.07, 6.45) is 0. The molecule has 0 aliphatic rings. The van der Waals surface area contributed by atoms with Gasteiger partial charge in [0.25, 0.3) is 0 Å². The molecule has 0 atom stereocenters. The summed E-state index contributed by atoms with van der Waals surface area (Å²) in [6, 6.07) is 47.9. The Morgan fingerprint density at radius 1 is 0.429 bits per heavy atom. The lowest BCUT2D eigenvalue weighted by atomic mass is 10.0. The maximum absolute atomic E-state index is 6.54. The Hall–Kier alpha value is -6.37. The van der Waals surface area contributed by atoms with Crippen molar-refractivity contribution in [2.45, 2.75) is 0 Å². The van der Waals surface area contributed by atoms with Crippen molar-refractivity contribution < 1.29 is 8.83 Å². The largest absolute Gasteiger partial charge is 0.456 e. The highest BCUT2D eigenvalue weighted by Gasteiger charge is 2.22. The second kappa shape index (κ2) is 10.1. The van der Waals surface area contributed by atoms with E-state index in [4.69, 9.17) is 23.8 Å². The lowest BCUT2D eigenvalue weighted by Crippen LogP contribution is -2.00. The average molecular weight is 646 g/mol. The van der Waals surface area contributed by atoms with Crippen molar-refractivity contribution in [1.29, 1.82) is 0 Å². The molecule has 0 aliphatic carbocycles. The Morgan fingerprint density at radius 2 is 1.16 bits per heavy atom. The van der Waals surface area contributed by atoms with Gasteiger partial charge in [-0.25, -0.2) is 15.0 Å². The van der Waals surface area contributed by atoms with Gasteiger partial charge in [0, 0.05) is 53.7 Å². The summed E-state index contributed by atoms with van der Waals surface area (Å²) in [7, 11) is 0. The first-order valence-electron chi connectivity index (χ1n) is 16.2. The summed E-state index contributed by atoms with van der Waals surface area (Å²) in [6.45, 7) is 0. The van der Waals surface area contributed by atoms with Crippen LogP contribution in [0.1, 0.15) is 0 Å². The molecule has 0 aliphatic heterocycles. The van der Waals surface area contributed by atoms with Crippen LogP contribution in [0.2, 0.25) is 0 Å². The molecule has 11 rings (SSSR count). The van der Waals surface area contributed by atoms with E-state index < -0.39 is 0 Å². The van der Waals surface area contributed by atoms with Crippen LogP contribution >= 0.6 is 11.3 Å². The third-order valence-corrected chi connectivity index (χ3v) is 10.7. The van der Waals surface area contributed by atoms with Crippen molar-refractivity contribution >= 4 is 86.2 Å². The number of hydrogen-bond donors (Lipinski definition) is 0. The number of aromatic nitrogens is 3. The minimum Gasteiger partial charge on any atom is -0.456 e. The predicted molar refractivity (Wildman–Crippen MR) is 201 cm³/mol. The Kier molecular flexibility index (Phi) is 5.48. The van der Waals surface area contributed by atoms with Gasteiger partial charge in [-0.2, -0.15) is 0 Å². The molecule has 49 heavy (non-hydrogen) atoms. The van der Waals surface area contributed by atoms with Gasteiger partial charge in [0.15, 0.2) is 17.5 Å². The molecular formula is C43H23N3O2S.